The van der Waals surface area contributed by atoms with Crippen LogP contribution in [0.3, 0.4) is 0 Å². The first-order chi connectivity index (χ1) is 14.4. The lowest BCUT2D eigenvalue weighted by Crippen LogP contribution is -2.61. The highest BCUT2D eigenvalue weighted by Gasteiger charge is 2.88. The first kappa shape index (κ1) is 20.0. The van der Waals surface area contributed by atoms with E-state index in [-0.39, 0.29) is 22.0 Å². The molecule has 9 heteroatoms. The fourth-order valence-corrected chi connectivity index (χ4v) is 6.23. The molecule has 3 aliphatic heterocycles. The monoisotopic (exact) mass is 433 g/mol. The third kappa shape index (κ3) is 2.62. The normalized spacial score (nSPS) is 31.7. The molecule has 0 aromatic carbocycles. The Hall–Kier alpha value is -1.94. The van der Waals surface area contributed by atoms with E-state index in [9.17, 15) is 14.7 Å². The molecule has 2 saturated heterocycles. The molecule has 1 aromatic rings. The molecule has 5 rings (SSSR count). The van der Waals surface area contributed by atoms with Crippen molar-refractivity contribution >= 4 is 28.3 Å². The van der Waals surface area contributed by atoms with Crippen molar-refractivity contribution in [3.8, 4) is 0 Å². The summed E-state index contributed by atoms with van der Waals surface area (Å²) < 4.78 is 5.40. The fraction of sp³-hybridized carbons (Fsp3) is 0.619. The lowest BCUT2D eigenvalue weighted by Gasteiger charge is -2.41. The molecule has 4 heterocycles. The van der Waals surface area contributed by atoms with E-state index in [1.54, 1.807) is 0 Å². The summed E-state index contributed by atoms with van der Waals surface area (Å²) >= 11 is 1.50. The van der Waals surface area contributed by atoms with Crippen molar-refractivity contribution in [2.45, 2.75) is 45.1 Å². The Balaban J connectivity index is 1.46. The number of carbonyl (C=O) groups excluding carboxylic acids is 2. The maximum atomic E-state index is 13.7. The highest BCUT2D eigenvalue weighted by molar-refractivity contribution is 7.16. The van der Waals surface area contributed by atoms with Crippen molar-refractivity contribution in [3.63, 3.8) is 0 Å². The molecule has 162 valence electrons. The number of quaternary nitrogens is 1. The number of aliphatic hydroxyl groups excluding tert-OH is 1. The van der Waals surface area contributed by atoms with Crippen LogP contribution in [0.15, 0.2) is 12.2 Å². The van der Waals surface area contributed by atoms with E-state index in [1.165, 1.54) is 11.3 Å². The molecule has 2 spiro atoms. The predicted molar refractivity (Wildman–Crippen MR) is 113 cm³/mol. The van der Waals surface area contributed by atoms with Crippen molar-refractivity contribution in [1.29, 1.82) is 0 Å². The summed E-state index contributed by atoms with van der Waals surface area (Å²) in [5, 5.41) is 17.9. The number of anilines is 1. The summed E-state index contributed by atoms with van der Waals surface area (Å²) in [5.41, 5.74) is 2.40. The summed E-state index contributed by atoms with van der Waals surface area (Å²) in [6.45, 7) is 11.7. The van der Waals surface area contributed by atoms with Crippen LogP contribution in [0.2, 0.25) is 0 Å². The Morgan fingerprint density at radius 2 is 2.17 bits per heavy atom. The Bertz CT molecular complexity index is 942. The second kappa shape index (κ2) is 6.78. The number of amides is 3. The van der Waals surface area contributed by atoms with Gasteiger partial charge in [-0.05, 0) is 24.5 Å². The van der Waals surface area contributed by atoms with E-state index in [4.69, 9.17) is 4.74 Å². The number of fused-ring (bicyclic) bond motifs is 2. The van der Waals surface area contributed by atoms with Gasteiger partial charge in [-0.2, -0.15) is 4.48 Å². The summed E-state index contributed by atoms with van der Waals surface area (Å²) in [6, 6.07) is -0.208. The zero-order valence-corrected chi connectivity index (χ0v) is 18.3. The topological polar surface area (TPSA) is 90.9 Å². The SMILES string of the molecule is C=C1CC12C[N+]21C(=O)c2c(sc(CNC(=O)NCCC)c2C)N(CC2COC2)C1O. The molecule has 0 bridgehead atoms. The van der Waals surface area contributed by atoms with E-state index in [2.05, 4.69) is 17.2 Å². The summed E-state index contributed by atoms with van der Waals surface area (Å²) in [4.78, 5) is 28.6. The van der Waals surface area contributed by atoms with Crippen LogP contribution < -0.4 is 15.5 Å². The Morgan fingerprint density at radius 1 is 1.43 bits per heavy atom. The molecule has 30 heavy (non-hydrogen) atoms. The highest BCUT2D eigenvalue weighted by atomic mass is 32.1. The first-order valence-corrected chi connectivity index (χ1v) is 11.4. The lowest BCUT2D eigenvalue weighted by molar-refractivity contribution is -0.792. The van der Waals surface area contributed by atoms with E-state index in [0.29, 0.717) is 50.9 Å². The zero-order chi connectivity index (χ0) is 21.3. The van der Waals surface area contributed by atoms with Crippen LogP contribution in [0.5, 0.6) is 0 Å². The molecule has 1 aromatic heterocycles. The van der Waals surface area contributed by atoms with Gasteiger partial charge in [0.1, 0.15) is 10.6 Å². The molecule has 4 aliphatic rings. The number of thiophene rings is 1. The van der Waals surface area contributed by atoms with Gasteiger partial charge < -0.3 is 20.5 Å². The standard InChI is InChI=1S/C21H28N4O4S/c1-4-5-22-19(27)23-7-15-13(3)16-17(30-15)24(8-14-9-29-10-14)20(28)25(18(16)26)11-21(25)6-12(21)2/h14,20,28H,2,4-11H2,1,3H3,(H-,22,23,27)/p+1. The Kier molecular flexibility index (Phi) is 4.52. The number of nitrogens with zero attached hydrogens (tertiary/aromatic N) is 2. The summed E-state index contributed by atoms with van der Waals surface area (Å²) in [7, 11) is 0. The molecular weight excluding hydrogens is 404 g/mol. The number of hydrogen-bond donors (Lipinski definition) is 3. The number of ether oxygens (including phenoxy) is 1. The van der Waals surface area contributed by atoms with Crippen LogP contribution in [0.25, 0.3) is 0 Å². The van der Waals surface area contributed by atoms with Crippen LogP contribution in [0.1, 0.15) is 40.6 Å². The second-order valence-corrected chi connectivity index (χ2v) is 10.1. The Morgan fingerprint density at radius 3 is 2.73 bits per heavy atom. The molecule has 3 N–H and O–H groups in total. The number of nitrogens with one attached hydrogen (secondary N) is 2. The van der Waals surface area contributed by atoms with Gasteiger partial charge in [-0.3, -0.25) is 4.90 Å². The van der Waals surface area contributed by atoms with E-state index in [0.717, 1.165) is 33.9 Å². The lowest BCUT2D eigenvalue weighted by atomic mass is 10.0. The largest absolute Gasteiger partial charge is 0.381 e. The molecule has 3 atom stereocenters. The van der Waals surface area contributed by atoms with Gasteiger partial charge in [0.05, 0.1) is 19.8 Å². The van der Waals surface area contributed by atoms with Crippen molar-refractivity contribution < 1.29 is 23.9 Å². The number of rotatable bonds is 6. The fourth-order valence-electron chi connectivity index (χ4n) is 4.97. The number of urea groups is 1. The molecule has 3 unspecified atom stereocenters. The molecule has 3 fully saturated rings. The number of aliphatic hydroxyl groups is 1. The average Bonchev–Trinajstić information content (AvgIpc) is 3.50. The number of carbonyl (C=O) groups is 2. The van der Waals surface area contributed by atoms with Crippen molar-refractivity contribution in [3.05, 3.63) is 28.2 Å². The summed E-state index contributed by atoms with van der Waals surface area (Å²) in [5.74, 6) is 0.343. The molecule has 0 radical (unpaired) electrons. The number of hydrogen-bond acceptors (Lipinski definition) is 6. The van der Waals surface area contributed by atoms with Gasteiger partial charge in [-0.15, -0.1) is 11.3 Å². The molecule has 8 nitrogen and oxygen atoms in total. The minimum atomic E-state index is -0.892. The van der Waals surface area contributed by atoms with Gasteiger partial charge in [0.25, 0.3) is 6.35 Å². The van der Waals surface area contributed by atoms with Crippen molar-refractivity contribution in [2.75, 3.05) is 37.7 Å². The first-order valence-electron chi connectivity index (χ1n) is 10.6. The maximum Gasteiger partial charge on any atom is 0.354 e. The molecule has 3 amide bonds. The zero-order valence-electron chi connectivity index (χ0n) is 17.5. The quantitative estimate of drug-likeness (QED) is 0.361. The summed E-state index contributed by atoms with van der Waals surface area (Å²) in [6.07, 6.45) is 0.788. The van der Waals surface area contributed by atoms with Gasteiger partial charge in [0, 0.05) is 30.3 Å². The van der Waals surface area contributed by atoms with Crippen molar-refractivity contribution in [1.82, 2.24) is 10.6 Å². The van der Waals surface area contributed by atoms with E-state index >= 15 is 0 Å². The molecule has 1 aliphatic carbocycles. The van der Waals surface area contributed by atoms with Crippen LogP contribution >= 0.6 is 11.3 Å². The van der Waals surface area contributed by atoms with Gasteiger partial charge in [0.2, 0.25) is 0 Å². The van der Waals surface area contributed by atoms with Gasteiger partial charge in [-0.25, -0.2) is 9.59 Å². The average molecular weight is 434 g/mol. The minimum Gasteiger partial charge on any atom is -0.381 e. The Labute approximate surface area is 180 Å². The van der Waals surface area contributed by atoms with Crippen LogP contribution in [0.4, 0.5) is 9.80 Å². The van der Waals surface area contributed by atoms with Crippen LogP contribution in [-0.2, 0) is 11.3 Å². The smallest absolute Gasteiger partial charge is 0.354 e. The predicted octanol–water partition coefficient (Wildman–Crippen LogP) is 1.68. The van der Waals surface area contributed by atoms with Crippen molar-refractivity contribution in [2.24, 2.45) is 5.92 Å². The van der Waals surface area contributed by atoms with E-state index < -0.39 is 6.35 Å². The third-order valence-electron chi connectivity index (χ3n) is 7.05. The molecular formula is C21H29N4O4S+. The van der Waals surface area contributed by atoms with Crippen LogP contribution in [0, 0.1) is 12.8 Å². The molecule has 1 saturated carbocycles. The third-order valence-corrected chi connectivity index (χ3v) is 8.38. The van der Waals surface area contributed by atoms with Crippen LogP contribution in [-0.4, -0.2) is 66.3 Å². The van der Waals surface area contributed by atoms with Gasteiger partial charge in [0.15, 0.2) is 12.1 Å². The van der Waals surface area contributed by atoms with Gasteiger partial charge >= 0.3 is 11.9 Å². The second-order valence-electron chi connectivity index (χ2n) is 8.99. The van der Waals surface area contributed by atoms with E-state index in [1.807, 2.05) is 18.7 Å². The highest BCUT2D eigenvalue weighted by Crippen LogP contribution is 2.68. The minimum absolute atomic E-state index is 0.00676. The maximum absolute atomic E-state index is 13.7. The van der Waals surface area contributed by atoms with Gasteiger partial charge in [-0.1, -0.05) is 13.5 Å².